The zero-order valence-electron chi connectivity index (χ0n) is 15.0. The fraction of sp³-hybridized carbons (Fsp3) is 0.0952. The SMILES string of the molecule is Cn1ncc2c(C(=O)NCc3ccccc3Cl)cc(-c3ccccc3F)nc21. The molecule has 0 fully saturated rings. The van der Waals surface area contributed by atoms with Crippen molar-refractivity contribution in [1.29, 1.82) is 0 Å². The minimum absolute atomic E-state index is 0.275. The molecule has 4 aromatic rings. The van der Waals surface area contributed by atoms with Crippen LogP contribution in [0, 0.1) is 5.82 Å². The molecule has 7 heteroatoms. The molecule has 0 atom stereocenters. The molecule has 1 N–H and O–H groups in total. The third-order valence-corrected chi connectivity index (χ3v) is 4.87. The first kappa shape index (κ1) is 18.1. The molecule has 2 heterocycles. The van der Waals surface area contributed by atoms with Gasteiger partial charge < -0.3 is 5.32 Å². The molecule has 2 aromatic heterocycles. The van der Waals surface area contributed by atoms with Crippen LogP contribution in [0.3, 0.4) is 0 Å². The van der Waals surface area contributed by atoms with Gasteiger partial charge in [-0.1, -0.05) is 41.9 Å². The molecule has 0 aliphatic rings. The van der Waals surface area contributed by atoms with Gasteiger partial charge in [-0.15, -0.1) is 0 Å². The lowest BCUT2D eigenvalue weighted by Crippen LogP contribution is -2.23. The summed E-state index contributed by atoms with van der Waals surface area (Å²) in [6.45, 7) is 0.275. The number of amides is 1. The summed E-state index contributed by atoms with van der Waals surface area (Å²) in [7, 11) is 1.73. The Kier molecular flexibility index (Phi) is 4.79. The van der Waals surface area contributed by atoms with E-state index < -0.39 is 5.82 Å². The van der Waals surface area contributed by atoms with Crippen LogP contribution in [-0.2, 0) is 13.6 Å². The van der Waals surface area contributed by atoms with Gasteiger partial charge in [0.15, 0.2) is 5.65 Å². The number of aromatic nitrogens is 3. The van der Waals surface area contributed by atoms with Crippen LogP contribution < -0.4 is 5.32 Å². The van der Waals surface area contributed by atoms with E-state index in [1.165, 1.54) is 6.07 Å². The fourth-order valence-electron chi connectivity index (χ4n) is 3.02. The van der Waals surface area contributed by atoms with Crippen LogP contribution in [0.25, 0.3) is 22.3 Å². The largest absolute Gasteiger partial charge is 0.348 e. The van der Waals surface area contributed by atoms with Crippen LogP contribution in [0.5, 0.6) is 0 Å². The Bertz CT molecular complexity index is 1190. The van der Waals surface area contributed by atoms with Gasteiger partial charge in [-0.05, 0) is 29.8 Å². The molecule has 140 valence electrons. The number of hydrogen-bond donors (Lipinski definition) is 1. The number of halogens is 2. The van der Waals surface area contributed by atoms with Crippen LogP contribution in [0.2, 0.25) is 5.02 Å². The lowest BCUT2D eigenvalue weighted by Gasteiger charge is -2.10. The minimum atomic E-state index is -0.404. The van der Waals surface area contributed by atoms with Crippen LogP contribution in [0.15, 0.2) is 60.8 Å². The second-order valence-corrected chi connectivity index (χ2v) is 6.72. The number of rotatable bonds is 4. The molecule has 0 aliphatic heterocycles. The number of aryl methyl sites for hydroxylation is 1. The lowest BCUT2D eigenvalue weighted by molar-refractivity contribution is 0.0952. The number of fused-ring (bicyclic) bond motifs is 1. The van der Waals surface area contributed by atoms with Crippen molar-refractivity contribution in [1.82, 2.24) is 20.1 Å². The molecular weight excluding hydrogens is 379 g/mol. The van der Waals surface area contributed by atoms with Crippen molar-refractivity contribution in [2.75, 3.05) is 0 Å². The van der Waals surface area contributed by atoms with E-state index in [4.69, 9.17) is 11.6 Å². The van der Waals surface area contributed by atoms with E-state index >= 15 is 0 Å². The molecule has 0 bridgehead atoms. The molecule has 0 unspecified atom stereocenters. The number of benzene rings is 2. The summed E-state index contributed by atoms with van der Waals surface area (Å²) in [5, 5.41) is 8.23. The average Bonchev–Trinajstić information content (AvgIpc) is 3.08. The quantitative estimate of drug-likeness (QED) is 0.559. The summed E-state index contributed by atoms with van der Waals surface area (Å²) >= 11 is 6.16. The number of pyridine rings is 1. The van der Waals surface area contributed by atoms with Crippen molar-refractivity contribution in [2.24, 2.45) is 7.05 Å². The molecule has 1 amide bonds. The second-order valence-electron chi connectivity index (χ2n) is 6.31. The molecule has 0 aliphatic carbocycles. The first-order chi connectivity index (χ1) is 13.5. The maximum atomic E-state index is 14.3. The predicted octanol–water partition coefficient (Wildman–Crippen LogP) is 4.36. The van der Waals surface area contributed by atoms with Gasteiger partial charge in [-0.2, -0.15) is 5.10 Å². The van der Waals surface area contributed by atoms with Gasteiger partial charge in [0, 0.05) is 24.2 Å². The van der Waals surface area contributed by atoms with E-state index in [1.54, 1.807) is 48.3 Å². The number of carbonyl (C=O) groups excluding carboxylic acids is 1. The first-order valence-corrected chi connectivity index (χ1v) is 9.01. The van der Waals surface area contributed by atoms with E-state index in [9.17, 15) is 9.18 Å². The molecule has 0 radical (unpaired) electrons. The summed E-state index contributed by atoms with van der Waals surface area (Å²) < 4.78 is 15.8. The molecular formula is C21H16ClFN4O. The van der Waals surface area contributed by atoms with Crippen molar-refractivity contribution in [3.63, 3.8) is 0 Å². The molecule has 0 spiro atoms. The highest BCUT2D eigenvalue weighted by Crippen LogP contribution is 2.26. The summed E-state index contributed by atoms with van der Waals surface area (Å²) in [6, 6.07) is 15.2. The highest BCUT2D eigenvalue weighted by molar-refractivity contribution is 6.31. The maximum Gasteiger partial charge on any atom is 0.252 e. The maximum absolute atomic E-state index is 14.3. The third-order valence-electron chi connectivity index (χ3n) is 4.50. The van der Waals surface area contributed by atoms with E-state index in [1.807, 2.05) is 18.2 Å². The van der Waals surface area contributed by atoms with Crippen molar-refractivity contribution in [2.45, 2.75) is 6.54 Å². The fourth-order valence-corrected chi connectivity index (χ4v) is 3.22. The van der Waals surface area contributed by atoms with Gasteiger partial charge in [0.05, 0.1) is 22.8 Å². The molecule has 28 heavy (non-hydrogen) atoms. The standard InChI is InChI=1S/C21H16ClFN4O/c1-27-20-16(12-25-27)15(10-19(26-20)14-7-3-5-9-18(14)23)21(28)24-11-13-6-2-4-8-17(13)22/h2-10,12H,11H2,1H3,(H,24,28). The van der Waals surface area contributed by atoms with E-state index in [2.05, 4.69) is 15.4 Å². The monoisotopic (exact) mass is 394 g/mol. The van der Waals surface area contributed by atoms with Crippen molar-refractivity contribution < 1.29 is 9.18 Å². The smallest absolute Gasteiger partial charge is 0.252 e. The van der Waals surface area contributed by atoms with Crippen molar-refractivity contribution >= 4 is 28.5 Å². The van der Waals surface area contributed by atoms with Crippen LogP contribution in [-0.4, -0.2) is 20.7 Å². The number of hydrogen-bond acceptors (Lipinski definition) is 3. The van der Waals surface area contributed by atoms with E-state index in [-0.39, 0.29) is 12.5 Å². The molecule has 4 rings (SSSR count). The first-order valence-electron chi connectivity index (χ1n) is 8.64. The minimum Gasteiger partial charge on any atom is -0.348 e. The average molecular weight is 395 g/mol. The van der Waals surface area contributed by atoms with Gasteiger partial charge in [-0.3, -0.25) is 9.48 Å². The third kappa shape index (κ3) is 3.34. The van der Waals surface area contributed by atoms with Crippen molar-refractivity contribution in [3.8, 4) is 11.3 Å². The van der Waals surface area contributed by atoms with Gasteiger partial charge >= 0.3 is 0 Å². The Morgan fingerprint density at radius 3 is 2.71 bits per heavy atom. The predicted molar refractivity (Wildman–Crippen MR) is 107 cm³/mol. The molecule has 0 saturated carbocycles. The van der Waals surface area contributed by atoms with Crippen molar-refractivity contribution in [3.05, 3.63) is 82.8 Å². The molecule has 0 saturated heterocycles. The summed E-state index contributed by atoms with van der Waals surface area (Å²) in [5.74, 6) is -0.711. The Hall–Kier alpha value is -3.25. The Balaban J connectivity index is 1.74. The summed E-state index contributed by atoms with van der Waals surface area (Å²) in [4.78, 5) is 17.4. The topological polar surface area (TPSA) is 59.8 Å². The van der Waals surface area contributed by atoms with Gasteiger partial charge in [0.1, 0.15) is 5.82 Å². The normalized spacial score (nSPS) is 11.0. The van der Waals surface area contributed by atoms with E-state index in [0.717, 1.165) is 5.56 Å². The lowest BCUT2D eigenvalue weighted by atomic mass is 10.1. The highest BCUT2D eigenvalue weighted by Gasteiger charge is 2.18. The molecule has 5 nitrogen and oxygen atoms in total. The van der Waals surface area contributed by atoms with Gasteiger partial charge in [-0.25, -0.2) is 9.37 Å². The Morgan fingerprint density at radius 1 is 1.18 bits per heavy atom. The second kappa shape index (κ2) is 7.40. The Labute approximate surface area is 165 Å². The van der Waals surface area contributed by atoms with Crippen LogP contribution in [0.4, 0.5) is 4.39 Å². The van der Waals surface area contributed by atoms with Crippen LogP contribution >= 0.6 is 11.6 Å². The molecule has 2 aromatic carbocycles. The Morgan fingerprint density at radius 2 is 1.93 bits per heavy atom. The summed E-state index contributed by atoms with van der Waals surface area (Å²) in [6.07, 6.45) is 1.58. The van der Waals surface area contributed by atoms with Gasteiger partial charge in [0.25, 0.3) is 5.91 Å². The van der Waals surface area contributed by atoms with Gasteiger partial charge in [0.2, 0.25) is 0 Å². The summed E-state index contributed by atoms with van der Waals surface area (Å²) in [5.41, 5.74) is 2.39. The van der Waals surface area contributed by atoms with Crippen LogP contribution in [0.1, 0.15) is 15.9 Å². The number of carbonyl (C=O) groups is 1. The highest BCUT2D eigenvalue weighted by atomic mass is 35.5. The zero-order valence-corrected chi connectivity index (χ0v) is 15.7. The number of nitrogens with one attached hydrogen (secondary N) is 1. The van der Waals surface area contributed by atoms with E-state index in [0.29, 0.717) is 32.9 Å². The number of nitrogens with zero attached hydrogens (tertiary/aromatic N) is 3. The zero-order chi connectivity index (χ0) is 19.7.